The third-order valence-electron chi connectivity index (χ3n) is 22.4. The first-order valence-electron chi connectivity index (χ1n) is 42.3. The Hall–Kier alpha value is -14.6. The van der Waals surface area contributed by atoms with Gasteiger partial charge in [-0.2, -0.15) is 20.4 Å². The smallest absolute Gasteiger partial charge is 0.124 e. The van der Waals surface area contributed by atoms with E-state index in [0.717, 1.165) is 208 Å². The molecule has 0 spiro atoms. The molecule has 1 unspecified atom stereocenters. The van der Waals surface area contributed by atoms with Crippen molar-refractivity contribution < 1.29 is 52.5 Å². The number of hydrogen-bond acceptors (Lipinski definition) is 27. The number of aliphatic hydroxyl groups is 1. The van der Waals surface area contributed by atoms with Gasteiger partial charge in [-0.15, -0.1) is 0 Å². The molecule has 128 heavy (non-hydrogen) atoms. The van der Waals surface area contributed by atoms with Gasteiger partial charge >= 0.3 is 0 Å². The molecule has 1 aliphatic heterocycles. The van der Waals surface area contributed by atoms with Gasteiger partial charge in [0.25, 0.3) is 0 Å². The van der Waals surface area contributed by atoms with Crippen LogP contribution in [0.2, 0.25) is 0 Å². The second kappa shape index (κ2) is 40.2. The van der Waals surface area contributed by atoms with E-state index in [1.54, 1.807) is 115 Å². The summed E-state index contributed by atoms with van der Waals surface area (Å²) in [6.45, 7) is 5.09. The van der Waals surface area contributed by atoms with E-state index >= 15 is 0 Å². The second-order valence-electron chi connectivity index (χ2n) is 31.4. The van der Waals surface area contributed by atoms with Gasteiger partial charge in [0.05, 0.1) is 199 Å². The number of aliphatic hydroxyl groups excluding tert-OH is 1. The molecule has 3 aliphatic rings. The minimum absolute atomic E-state index is 0.0149. The van der Waals surface area contributed by atoms with Gasteiger partial charge in [0.2, 0.25) is 0 Å². The van der Waals surface area contributed by atoms with Crippen molar-refractivity contribution in [3.05, 3.63) is 220 Å². The zero-order chi connectivity index (χ0) is 88.7. The summed E-state index contributed by atoms with van der Waals surface area (Å²) in [4.78, 5) is 46.7. The number of ether oxygens (including phenoxy) is 10. The van der Waals surface area contributed by atoms with Crippen LogP contribution in [-0.2, 0) is 37.2 Å². The van der Waals surface area contributed by atoms with Gasteiger partial charge in [-0.05, 0) is 123 Å². The Morgan fingerprint density at radius 3 is 0.922 bits per heavy atom. The van der Waals surface area contributed by atoms with E-state index in [-0.39, 0.29) is 12.7 Å². The van der Waals surface area contributed by atoms with Crippen LogP contribution < -0.4 is 57.5 Å². The molecule has 31 nitrogen and oxygen atoms in total. The van der Waals surface area contributed by atoms with E-state index in [2.05, 4.69) is 91.4 Å². The van der Waals surface area contributed by atoms with Crippen LogP contribution in [0.15, 0.2) is 220 Å². The number of aryl methyl sites for hydroxylation is 3. The molecule has 0 bridgehead atoms. The van der Waals surface area contributed by atoms with Crippen molar-refractivity contribution in [2.45, 2.75) is 51.2 Å². The largest absolute Gasteiger partial charge is 0.497 e. The number of aromatic nitrogens is 16. The van der Waals surface area contributed by atoms with Gasteiger partial charge in [-0.25, -0.2) is 19.9 Å². The molecule has 31 heteroatoms. The van der Waals surface area contributed by atoms with E-state index in [4.69, 9.17) is 67.3 Å². The van der Waals surface area contributed by atoms with E-state index < -0.39 is 0 Å². The normalized spacial score (nSPS) is 13.4. The zero-order valence-corrected chi connectivity index (χ0v) is 73.9. The van der Waals surface area contributed by atoms with Crippen molar-refractivity contribution in [1.29, 1.82) is 0 Å². The molecule has 658 valence electrons. The van der Waals surface area contributed by atoms with Crippen LogP contribution in [0.1, 0.15) is 38.5 Å². The van der Waals surface area contributed by atoms with Gasteiger partial charge in [-0.3, -0.25) is 38.7 Å². The predicted octanol–water partition coefficient (Wildman–Crippen LogP) is 16.8. The molecule has 2 saturated carbocycles. The van der Waals surface area contributed by atoms with E-state index in [1.165, 1.54) is 25.7 Å². The first-order valence-corrected chi connectivity index (χ1v) is 42.3. The van der Waals surface area contributed by atoms with E-state index in [1.807, 2.05) is 177 Å². The van der Waals surface area contributed by atoms with Crippen LogP contribution in [0, 0.1) is 11.8 Å². The number of fused-ring (bicyclic) bond motifs is 4. The molecule has 8 aromatic carbocycles. The second-order valence-corrected chi connectivity index (χ2v) is 31.4. The van der Waals surface area contributed by atoms with Crippen LogP contribution in [0.4, 0.5) is 45.5 Å². The summed E-state index contributed by atoms with van der Waals surface area (Å²) in [5, 5.41) is 26.8. The predicted molar refractivity (Wildman–Crippen MR) is 496 cm³/mol. The number of anilines is 8. The molecule has 0 amide bonds. The lowest BCUT2D eigenvalue weighted by Crippen LogP contribution is -2.28. The Bertz CT molecular complexity index is 6420. The van der Waals surface area contributed by atoms with Crippen LogP contribution >= 0.6 is 0 Å². The topological polar surface area (TPSA) is 300 Å². The van der Waals surface area contributed by atoms with Crippen molar-refractivity contribution >= 4 is 89.6 Å². The fourth-order valence-electron chi connectivity index (χ4n) is 15.2. The van der Waals surface area contributed by atoms with Crippen LogP contribution in [-0.4, -0.2) is 200 Å². The van der Waals surface area contributed by atoms with Gasteiger partial charge in [0.15, 0.2) is 0 Å². The Kier molecular flexibility index (Phi) is 27.3. The highest BCUT2D eigenvalue weighted by atomic mass is 16.5. The third kappa shape index (κ3) is 21.2. The average Bonchev–Trinajstić information content (AvgIpc) is 1.22. The summed E-state index contributed by atoms with van der Waals surface area (Å²) >= 11 is 0. The van der Waals surface area contributed by atoms with E-state index in [0.29, 0.717) is 43.0 Å². The lowest BCUT2D eigenvalue weighted by molar-refractivity contribution is 0.117. The number of methoxy groups -OCH3 is 9. The molecule has 1 saturated heterocycles. The summed E-state index contributed by atoms with van der Waals surface area (Å²) in [6.07, 6.45) is 29.4. The molecule has 2 aliphatic carbocycles. The van der Waals surface area contributed by atoms with Crippen LogP contribution in [0.3, 0.4) is 0 Å². The minimum Gasteiger partial charge on any atom is -0.497 e. The maximum absolute atomic E-state index is 9.68. The van der Waals surface area contributed by atoms with Crippen molar-refractivity contribution in [2.24, 2.45) is 33.0 Å². The highest BCUT2D eigenvalue weighted by molar-refractivity contribution is 5.87. The molecular formula is C97H104N20O11. The summed E-state index contributed by atoms with van der Waals surface area (Å²) in [5.41, 5.74) is 21.4. The standard InChI is InChI=1S/C26H29N5O3.C25H27N5O3.C24H25N5O2.C22H23N5O3/c1-32-9-8-30-17-19(14-28-30)26-15-27-24-7-6-20(12-25(24)29-26)31(16-18-4-5-18)21-10-22(33-2)13-23(11-21)34-3;1-29-15-17(13-27-29)25-14-26-23-7-6-18(11-24(23)28-25)30(16-20-5-4-8-33-20)19-9-21(31-2)12-22(10-19)32-3;1-28-15-17(12-26-28)24-13-25-22-7-6-18(10-23(22)27-24)29(14-16-4-5-16)19-8-20(30-2)11-21(9-19)31-3;1-26-14-15(12-24-26)22-13-23-20-5-4-16(10-21(20)25-22)27(6-7-28)17-8-18(29-2)11-19(9-17)30-3/h6-7,10-15,17-18H,4-5,8-9,16H2,1-3H3;6-7,9-15,20H,4-5,8,16H2,1-3H3;6-13,15-16H,4-5,14H2,1-3H3;4-5,8-14,28H,6-7H2,1-3H3. The van der Waals surface area contributed by atoms with E-state index in [9.17, 15) is 5.11 Å². The van der Waals surface area contributed by atoms with Crippen LogP contribution in [0.5, 0.6) is 46.0 Å². The van der Waals surface area contributed by atoms with Crippen molar-refractivity contribution in [3.63, 3.8) is 0 Å². The van der Waals surface area contributed by atoms with Gasteiger partial charge < -0.3 is 72.1 Å². The maximum atomic E-state index is 9.68. The Morgan fingerprint density at radius 2 is 0.641 bits per heavy atom. The molecular weight excluding hydrogens is 1620 g/mol. The monoisotopic (exact) mass is 1720 g/mol. The number of rotatable bonds is 31. The molecule has 1 N–H and O–H groups in total. The number of hydrogen-bond donors (Lipinski definition) is 1. The summed E-state index contributed by atoms with van der Waals surface area (Å²) in [7, 11) is 20.6. The van der Waals surface area contributed by atoms with Crippen LogP contribution in [0.25, 0.3) is 89.2 Å². The first-order chi connectivity index (χ1) is 62.5. The van der Waals surface area contributed by atoms with Gasteiger partial charge in [0, 0.05) is 226 Å². The number of nitrogens with zero attached hydrogens (tertiary/aromatic N) is 20. The molecule has 9 heterocycles. The first kappa shape index (κ1) is 86.9. The fourth-order valence-corrected chi connectivity index (χ4v) is 15.2. The van der Waals surface area contributed by atoms with Crippen molar-refractivity contribution in [2.75, 3.05) is 130 Å². The molecule has 3 fully saturated rings. The molecule has 8 aromatic heterocycles. The summed E-state index contributed by atoms with van der Waals surface area (Å²) < 4.78 is 62.1. The average molecular weight is 1730 g/mol. The summed E-state index contributed by atoms with van der Waals surface area (Å²) in [5.74, 6) is 7.28. The Balaban J connectivity index is 0.000000125. The van der Waals surface area contributed by atoms with Gasteiger partial charge in [0.1, 0.15) is 46.0 Å². The SMILES string of the molecule is COCCn1cc(-c2cnc3ccc(N(CC4CC4)c4cc(OC)cc(OC)c4)cc3n2)cn1.COc1cc(OC)cc(N(CC2CC2)c2ccc3ncc(-c4cnn(C)c4)nc3c2)c1.COc1cc(OC)cc(N(CC2CCCO2)c2ccc3ncc(-c4cnn(C)c4)nc3c2)c1.COc1cc(OC)cc(N(CCO)c2ccc3ncc(-c4cnn(C)c4)nc3c2)c1. The lowest BCUT2D eigenvalue weighted by Gasteiger charge is -2.28. The molecule has 16 aromatic rings. The highest BCUT2D eigenvalue weighted by Gasteiger charge is 2.30. The highest BCUT2D eigenvalue weighted by Crippen LogP contribution is 2.43. The van der Waals surface area contributed by atoms with Crippen molar-refractivity contribution in [1.82, 2.24) is 79.0 Å². The fraction of sp³-hybridized carbons (Fsp3) is 0.299. The van der Waals surface area contributed by atoms with Crippen molar-refractivity contribution in [3.8, 4) is 91.0 Å². The van der Waals surface area contributed by atoms with Gasteiger partial charge in [-0.1, -0.05) is 0 Å². The number of benzene rings is 8. The molecule has 19 rings (SSSR count). The molecule has 0 radical (unpaired) electrons. The summed E-state index contributed by atoms with van der Waals surface area (Å²) in [6, 6.07) is 48.0. The quantitative estimate of drug-likeness (QED) is 0.0422. The third-order valence-corrected chi connectivity index (χ3v) is 22.4. The maximum Gasteiger partial charge on any atom is 0.124 e. The lowest BCUT2D eigenvalue weighted by atomic mass is 10.1. The Morgan fingerprint density at radius 1 is 0.336 bits per heavy atom. The minimum atomic E-state index is -0.0149. The zero-order valence-electron chi connectivity index (χ0n) is 73.9. The molecule has 1 atom stereocenters. The Labute approximate surface area is 742 Å².